The third kappa shape index (κ3) is 3.95. The van der Waals surface area contributed by atoms with Gasteiger partial charge in [0.1, 0.15) is 0 Å². The van der Waals surface area contributed by atoms with Gasteiger partial charge in [0.2, 0.25) is 5.91 Å². The second-order valence-electron chi connectivity index (χ2n) is 6.34. The Morgan fingerprint density at radius 3 is 2.12 bits per heavy atom. The Labute approximate surface area is 143 Å². The van der Waals surface area contributed by atoms with Gasteiger partial charge in [-0.25, -0.2) is 0 Å². The fourth-order valence-corrected chi connectivity index (χ4v) is 3.23. The Morgan fingerprint density at radius 1 is 1.00 bits per heavy atom. The minimum absolute atomic E-state index is 0.0686. The predicted octanol–water partition coefficient (Wildman–Crippen LogP) is 1.74. The molecule has 0 spiro atoms. The predicted molar refractivity (Wildman–Crippen MR) is 85.0 cm³/mol. The highest BCUT2D eigenvalue weighted by Crippen LogP contribution is 2.29. The Balaban J connectivity index is 1.57. The van der Waals surface area contributed by atoms with Gasteiger partial charge in [0.05, 0.1) is 11.6 Å². The van der Waals surface area contributed by atoms with Crippen molar-refractivity contribution in [2.75, 3.05) is 32.7 Å². The molecular formula is C17H20F3N3O2. The van der Waals surface area contributed by atoms with E-state index in [4.69, 9.17) is 0 Å². The van der Waals surface area contributed by atoms with Crippen molar-refractivity contribution in [2.45, 2.75) is 25.1 Å². The van der Waals surface area contributed by atoms with Crippen LogP contribution in [0.5, 0.6) is 0 Å². The second-order valence-corrected chi connectivity index (χ2v) is 6.34. The Morgan fingerprint density at radius 2 is 1.60 bits per heavy atom. The summed E-state index contributed by atoms with van der Waals surface area (Å²) < 4.78 is 37.8. The highest BCUT2D eigenvalue weighted by Gasteiger charge is 2.32. The normalized spacial score (nSPS) is 21.5. The molecule has 0 aliphatic carbocycles. The van der Waals surface area contributed by atoms with Crippen LogP contribution in [0, 0.1) is 0 Å². The van der Waals surface area contributed by atoms with Gasteiger partial charge in [0, 0.05) is 31.7 Å². The summed E-state index contributed by atoms with van der Waals surface area (Å²) in [6.45, 7) is 2.52. The van der Waals surface area contributed by atoms with Crippen molar-refractivity contribution in [3.63, 3.8) is 0 Å². The zero-order valence-corrected chi connectivity index (χ0v) is 13.7. The molecule has 0 saturated carbocycles. The van der Waals surface area contributed by atoms with E-state index in [2.05, 4.69) is 5.32 Å². The molecular weight excluding hydrogens is 335 g/mol. The highest BCUT2D eigenvalue weighted by atomic mass is 19.4. The first-order valence-electron chi connectivity index (χ1n) is 8.35. The number of alkyl halides is 3. The van der Waals surface area contributed by atoms with Gasteiger partial charge in [-0.15, -0.1) is 0 Å². The maximum Gasteiger partial charge on any atom is 0.416 e. The van der Waals surface area contributed by atoms with E-state index in [0.717, 1.165) is 31.5 Å². The Kier molecular flexibility index (Phi) is 4.99. The van der Waals surface area contributed by atoms with Crippen molar-refractivity contribution in [2.24, 2.45) is 0 Å². The first-order chi connectivity index (χ1) is 11.9. The number of amides is 2. The molecule has 2 aliphatic rings. The molecule has 1 aromatic carbocycles. The minimum Gasteiger partial charge on any atom is -0.338 e. The highest BCUT2D eigenvalue weighted by molar-refractivity contribution is 5.94. The third-order valence-corrected chi connectivity index (χ3v) is 4.70. The number of halogens is 3. The summed E-state index contributed by atoms with van der Waals surface area (Å²) in [6, 6.07) is 4.10. The summed E-state index contributed by atoms with van der Waals surface area (Å²) in [5, 5.41) is 3.17. The van der Waals surface area contributed by atoms with Crippen LogP contribution in [0.1, 0.15) is 28.8 Å². The molecule has 2 fully saturated rings. The standard InChI is InChI=1S/C17H20F3N3O2/c18-17(19,20)13-5-3-12(4-6-13)15(24)22-8-10-23(11-9-22)16(25)14-2-1-7-21-14/h3-6,14,21H,1-2,7-11H2. The van der Waals surface area contributed by atoms with Crippen LogP contribution >= 0.6 is 0 Å². The third-order valence-electron chi connectivity index (χ3n) is 4.70. The first kappa shape index (κ1) is 17.7. The van der Waals surface area contributed by atoms with Crippen LogP contribution in [0.2, 0.25) is 0 Å². The van der Waals surface area contributed by atoms with Gasteiger partial charge in [0.15, 0.2) is 0 Å². The number of rotatable bonds is 2. The van der Waals surface area contributed by atoms with Crippen molar-refractivity contribution in [1.29, 1.82) is 0 Å². The van der Waals surface area contributed by atoms with Crippen LogP contribution in [0.15, 0.2) is 24.3 Å². The molecule has 1 N–H and O–H groups in total. The van der Waals surface area contributed by atoms with E-state index in [1.165, 1.54) is 12.1 Å². The molecule has 2 heterocycles. The van der Waals surface area contributed by atoms with E-state index < -0.39 is 11.7 Å². The second kappa shape index (κ2) is 7.03. The first-order valence-corrected chi connectivity index (χ1v) is 8.35. The molecule has 0 aromatic heterocycles. The summed E-state index contributed by atoms with van der Waals surface area (Å²) in [7, 11) is 0. The lowest BCUT2D eigenvalue weighted by Gasteiger charge is -2.36. The van der Waals surface area contributed by atoms with Crippen molar-refractivity contribution in [3.8, 4) is 0 Å². The monoisotopic (exact) mass is 355 g/mol. The topological polar surface area (TPSA) is 52.7 Å². The number of nitrogens with one attached hydrogen (secondary N) is 1. The van der Waals surface area contributed by atoms with Gasteiger partial charge in [-0.1, -0.05) is 0 Å². The zero-order chi connectivity index (χ0) is 18.0. The van der Waals surface area contributed by atoms with E-state index in [-0.39, 0.29) is 23.4 Å². The van der Waals surface area contributed by atoms with Crippen molar-refractivity contribution >= 4 is 11.8 Å². The Bertz CT molecular complexity index is 632. The smallest absolute Gasteiger partial charge is 0.338 e. The number of piperazine rings is 1. The number of benzene rings is 1. The molecule has 5 nitrogen and oxygen atoms in total. The van der Waals surface area contributed by atoms with Crippen molar-refractivity contribution < 1.29 is 22.8 Å². The molecule has 0 bridgehead atoms. The fraction of sp³-hybridized carbons (Fsp3) is 0.529. The molecule has 25 heavy (non-hydrogen) atoms. The molecule has 8 heteroatoms. The van der Waals surface area contributed by atoms with Crippen LogP contribution < -0.4 is 5.32 Å². The average Bonchev–Trinajstić information content (AvgIpc) is 3.14. The van der Waals surface area contributed by atoms with Gasteiger partial charge < -0.3 is 15.1 Å². The summed E-state index contributed by atoms with van der Waals surface area (Å²) in [4.78, 5) is 28.1. The van der Waals surface area contributed by atoms with E-state index in [9.17, 15) is 22.8 Å². The summed E-state index contributed by atoms with van der Waals surface area (Å²) in [5.74, 6) is -0.237. The molecule has 1 unspecified atom stereocenters. The lowest BCUT2D eigenvalue weighted by Crippen LogP contribution is -2.54. The van der Waals surface area contributed by atoms with Gasteiger partial charge in [-0.2, -0.15) is 13.2 Å². The Hall–Kier alpha value is -2.09. The number of carbonyl (C=O) groups is 2. The van der Waals surface area contributed by atoms with Crippen LogP contribution in [-0.4, -0.2) is 60.4 Å². The van der Waals surface area contributed by atoms with E-state index in [0.29, 0.717) is 26.2 Å². The molecule has 1 aromatic rings. The average molecular weight is 355 g/mol. The van der Waals surface area contributed by atoms with Gasteiger partial charge in [-0.3, -0.25) is 9.59 Å². The molecule has 0 radical (unpaired) electrons. The number of hydrogen-bond donors (Lipinski definition) is 1. The van der Waals surface area contributed by atoms with Crippen LogP contribution in [0.3, 0.4) is 0 Å². The molecule has 1 atom stereocenters. The minimum atomic E-state index is -4.41. The maximum atomic E-state index is 12.6. The van der Waals surface area contributed by atoms with Crippen LogP contribution in [-0.2, 0) is 11.0 Å². The van der Waals surface area contributed by atoms with Gasteiger partial charge in [0.25, 0.3) is 5.91 Å². The van der Waals surface area contributed by atoms with Crippen molar-refractivity contribution in [3.05, 3.63) is 35.4 Å². The lowest BCUT2D eigenvalue weighted by molar-refractivity contribution is -0.137. The lowest BCUT2D eigenvalue weighted by atomic mass is 10.1. The largest absolute Gasteiger partial charge is 0.416 e. The number of hydrogen-bond acceptors (Lipinski definition) is 3. The summed E-state index contributed by atoms with van der Waals surface area (Å²) in [5.41, 5.74) is -0.547. The van der Waals surface area contributed by atoms with E-state index >= 15 is 0 Å². The summed E-state index contributed by atoms with van der Waals surface area (Å²) in [6.07, 6.45) is -2.59. The number of nitrogens with zero attached hydrogens (tertiary/aromatic N) is 2. The van der Waals surface area contributed by atoms with Crippen LogP contribution in [0.25, 0.3) is 0 Å². The molecule has 2 saturated heterocycles. The SMILES string of the molecule is O=C(c1ccc(C(F)(F)F)cc1)N1CCN(C(=O)C2CCCN2)CC1. The maximum absolute atomic E-state index is 12.6. The summed E-state index contributed by atoms with van der Waals surface area (Å²) >= 11 is 0. The quantitative estimate of drug-likeness (QED) is 0.879. The van der Waals surface area contributed by atoms with Gasteiger partial charge in [-0.05, 0) is 43.7 Å². The van der Waals surface area contributed by atoms with E-state index in [1.807, 2.05) is 0 Å². The molecule has 2 aliphatic heterocycles. The van der Waals surface area contributed by atoms with E-state index in [1.54, 1.807) is 9.80 Å². The van der Waals surface area contributed by atoms with Gasteiger partial charge >= 0.3 is 6.18 Å². The fourth-order valence-electron chi connectivity index (χ4n) is 3.23. The zero-order valence-electron chi connectivity index (χ0n) is 13.7. The van der Waals surface area contributed by atoms with Crippen molar-refractivity contribution in [1.82, 2.24) is 15.1 Å². The molecule has 136 valence electrons. The molecule has 2 amide bonds. The molecule has 3 rings (SSSR count). The van der Waals surface area contributed by atoms with Crippen LogP contribution in [0.4, 0.5) is 13.2 Å². The number of carbonyl (C=O) groups excluding carboxylic acids is 2.